The van der Waals surface area contributed by atoms with Gasteiger partial charge in [0.25, 0.3) is 5.91 Å². The van der Waals surface area contributed by atoms with Crippen LogP contribution in [0.25, 0.3) is 17.4 Å². The molecule has 0 atom stereocenters. The standard InChI is InChI=1S/C22H15ClN2O4S/c1-12-2-5-14(6-3-12)24-22-25-20(26)19(30-22)11-15-7-9-18(29-15)13-4-8-17(23)16(10-13)21(27)28/h2-11H,1H3,(H,27,28)(H,24,25,26). The molecule has 1 amide bonds. The zero-order chi connectivity index (χ0) is 21.3. The molecule has 1 aliphatic heterocycles. The molecule has 30 heavy (non-hydrogen) atoms. The molecular weight excluding hydrogens is 424 g/mol. The predicted molar refractivity (Wildman–Crippen MR) is 118 cm³/mol. The highest BCUT2D eigenvalue weighted by atomic mass is 35.5. The third kappa shape index (κ3) is 4.32. The highest BCUT2D eigenvalue weighted by Gasteiger charge is 2.24. The Bertz CT molecular complexity index is 1210. The fourth-order valence-corrected chi connectivity index (χ4v) is 3.79. The molecule has 150 valence electrons. The number of nitrogens with zero attached hydrogens (tertiary/aromatic N) is 1. The number of aromatic carboxylic acids is 1. The van der Waals surface area contributed by atoms with Gasteiger partial charge >= 0.3 is 5.97 Å². The van der Waals surface area contributed by atoms with Crippen molar-refractivity contribution >= 4 is 52.2 Å². The Hall–Kier alpha value is -3.29. The second-order valence-corrected chi connectivity index (χ2v) is 7.96. The van der Waals surface area contributed by atoms with Gasteiger partial charge in [-0.2, -0.15) is 0 Å². The van der Waals surface area contributed by atoms with Gasteiger partial charge < -0.3 is 14.8 Å². The number of halogens is 1. The van der Waals surface area contributed by atoms with Crippen molar-refractivity contribution in [2.24, 2.45) is 4.99 Å². The number of carboxylic acids is 1. The van der Waals surface area contributed by atoms with Crippen LogP contribution in [0, 0.1) is 6.92 Å². The van der Waals surface area contributed by atoms with E-state index >= 15 is 0 Å². The van der Waals surface area contributed by atoms with Crippen LogP contribution in [0.1, 0.15) is 21.7 Å². The number of hydrogen-bond acceptors (Lipinski definition) is 5. The monoisotopic (exact) mass is 438 g/mol. The largest absolute Gasteiger partial charge is 0.478 e. The zero-order valence-corrected chi connectivity index (χ0v) is 17.3. The van der Waals surface area contributed by atoms with Gasteiger partial charge in [0, 0.05) is 11.6 Å². The van der Waals surface area contributed by atoms with Crippen LogP contribution < -0.4 is 5.32 Å². The van der Waals surface area contributed by atoms with Crippen molar-refractivity contribution in [1.82, 2.24) is 5.32 Å². The summed E-state index contributed by atoms with van der Waals surface area (Å²) in [5, 5.41) is 12.6. The molecule has 2 heterocycles. The van der Waals surface area contributed by atoms with Gasteiger partial charge in [0.15, 0.2) is 5.17 Å². The lowest BCUT2D eigenvalue weighted by Gasteiger charge is -2.02. The molecule has 0 spiro atoms. The Kier molecular flexibility index (Phi) is 5.48. The van der Waals surface area contributed by atoms with E-state index in [1.807, 2.05) is 31.2 Å². The lowest BCUT2D eigenvalue weighted by molar-refractivity contribution is -0.115. The predicted octanol–water partition coefficient (Wildman–Crippen LogP) is 5.50. The van der Waals surface area contributed by atoms with Crippen LogP contribution in [-0.4, -0.2) is 22.2 Å². The Morgan fingerprint density at radius 2 is 1.93 bits per heavy atom. The number of nitrogens with one attached hydrogen (secondary N) is 1. The summed E-state index contributed by atoms with van der Waals surface area (Å²) in [4.78, 5) is 28.4. The van der Waals surface area contributed by atoms with Crippen LogP contribution in [-0.2, 0) is 4.79 Å². The van der Waals surface area contributed by atoms with Crippen LogP contribution in [0.2, 0.25) is 5.02 Å². The van der Waals surface area contributed by atoms with E-state index in [9.17, 15) is 14.7 Å². The smallest absolute Gasteiger partial charge is 0.337 e. The topological polar surface area (TPSA) is 91.9 Å². The van der Waals surface area contributed by atoms with E-state index in [4.69, 9.17) is 16.0 Å². The molecule has 2 aromatic carbocycles. The van der Waals surface area contributed by atoms with Crippen LogP contribution in [0.3, 0.4) is 0 Å². The zero-order valence-electron chi connectivity index (χ0n) is 15.7. The van der Waals surface area contributed by atoms with Crippen molar-refractivity contribution < 1.29 is 19.1 Å². The number of furan rings is 1. The molecular formula is C22H15ClN2O4S. The molecule has 1 saturated heterocycles. The normalized spacial score (nSPS) is 16.3. The molecule has 0 bridgehead atoms. The second-order valence-electron chi connectivity index (χ2n) is 6.52. The molecule has 6 nitrogen and oxygen atoms in total. The van der Waals surface area contributed by atoms with Gasteiger partial charge in [-0.25, -0.2) is 9.79 Å². The molecule has 1 aromatic heterocycles. The third-order valence-electron chi connectivity index (χ3n) is 4.30. The van der Waals surface area contributed by atoms with Crippen LogP contribution in [0.4, 0.5) is 5.69 Å². The lowest BCUT2D eigenvalue weighted by atomic mass is 10.1. The van der Waals surface area contributed by atoms with Gasteiger partial charge in [0.05, 0.1) is 21.2 Å². The van der Waals surface area contributed by atoms with Gasteiger partial charge in [-0.15, -0.1) is 0 Å². The average molecular weight is 439 g/mol. The van der Waals surface area contributed by atoms with Gasteiger partial charge in [0.1, 0.15) is 11.5 Å². The van der Waals surface area contributed by atoms with Gasteiger partial charge in [-0.3, -0.25) is 4.79 Å². The highest BCUT2D eigenvalue weighted by molar-refractivity contribution is 8.18. The number of hydrogen-bond donors (Lipinski definition) is 2. The van der Waals surface area contributed by atoms with Crippen LogP contribution in [0.15, 0.2) is 68.9 Å². The summed E-state index contributed by atoms with van der Waals surface area (Å²) in [6.45, 7) is 1.99. The molecule has 0 unspecified atom stereocenters. The molecule has 4 rings (SSSR count). The van der Waals surface area contributed by atoms with Crippen molar-refractivity contribution in [1.29, 1.82) is 0 Å². The van der Waals surface area contributed by atoms with E-state index in [-0.39, 0.29) is 16.5 Å². The minimum absolute atomic E-state index is 0.00634. The first kappa shape index (κ1) is 20.0. The highest BCUT2D eigenvalue weighted by Crippen LogP contribution is 2.31. The van der Waals surface area contributed by atoms with E-state index in [1.165, 1.54) is 23.9 Å². The van der Waals surface area contributed by atoms with Crippen molar-refractivity contribution in [2.75, 3.05) is 0 Å². The first-order valence-corrected chi connectivity index (χ1v) is 10.1. The number of aryl methyl sites for hydroxylation is 1. The Morgan fingerprint density at radius 3 is 2.67 bits per heavy atom. The number of carbonyl (C=O) groups is 2. The maximum absolute atomic E-state index is 12.3. The summed E-state index contributed by atoms with van der Waals surface area (Å²) < 4.78 is 5.78. The van der Waals surface area contributed by atoms with E-state index in [0.717, 1.165) is 11.3 Å². The van der Waals surface area contributed by atoms with E-state index in [0.29, 0.717) is 27.2 Å². The summed E-state index contributed by atoms with van der Waals surface area (Å²) >= 11 is 7.13. The first-order valence-electron chi connectivity index (χ1n) is 8.88. The molecule has 1 aliphatic rings. The summed E-state index contributed by atoms with van der Waals surface area (Å²) in [5.74, 6) is -0.442. The average Bonchev–Trinajstić information content (AvgIpc) is 3.31. The quantitative estimate of drug-likeness (QED) is 0.525. The fraction of sp³-hybridized carbons (Fsp3) is 0.0455. The lowest BCUT2D eigenvalue weighted by Crippen LogP contribution is -2.19. The number of aliphatic imine (C=N–C) groups is 1. The Morgan fingerprint density at radius 1 is 1.17 bits per heavy atom. The number of carboxylic acid groups (broad SMARTS) is 1. The fourth-order valence-electron chi connectivity index (χ4n) is 2.77. The molecule has 0 saturated carbocycles. The summed E-state index contributed by atoms with van der Waals surface area (Å²) in [7, 11) is 0. The van der Waals surface area contributed by atoms with Crippen LogP contribution in [0.5, 0.6) is 0 Å². The summed E-state index contributed by atoms with van der Waals surface area (Å²) in [6.07, 6.45) is 1.62. The minimum atomic E-state index is -1.12. The number of benzene rings is 2. The number of thioether (sulfide) groups is 1. The van der Waals surface area contributed by atoms with Crippen molar-refractivity contribution in [3.8, 4) is 11.3 Å². The van der Waals surface area contributed by atoms with Gasteiger partial charge in [-0.1, -0.05) is 29.3 Å². The Balaban J connectivity index is 1.56. The molecule has 8 heteroatoms. The summed E-state index contributed by atoms with van der Waals surface area (Å²) in [6, 6.07) is 15.7. The van der Waals surface area contributed by atoms with Crippen LogP contribution >= 0.6 is 23.4 Å². The van der Waals surface area contributed by atoms with E-state index < -0.39 is 5.97 Å². The van der Waals surface area contributed by atoms with E-state index in [2.05, 4.69) is 10.3 Å². The number of amidine groups is 1. The maximum Gasteiger partial charge on any atom is 0.337 e. The third-order valence-corrected chi connectivity index (χ3v) is 5.54. The Labute approximate surface area is 181 Å². The molecule has 2 N–H and O–H groups in total. The van der Waals surface area contributed by atoms with Crippen molar-refractivity contribution in [3.05, 3.63) is 81.4 Å². The number of carbonyl (C=O) groups excluding carboxylic acids is 1. The van der Waals surface area contributed by atoms with E-state index in [1.54, 1.807) is 24.3 Å². The van der Waals surface area contributed by atoms with Crippen molar-refractivity contribution in [3.63, 3.8) is 0 Å². The molecule has 0 radical (unpaired) electrons. The van der Waals surface area contributed by atoms with Gasteiger partial charge in [-0.05, 0) is 61.2 Å². The second kappa shape index (κ2) is 8.22. The maximum atomic E-state index is 12.3. The number of amides is 1. The van der Waals surface area contributed by atoms with Crippen molar-refractivity contribution in [2.45, 2.75) is 6.92 Å². The summed E-state index contributed by atoms with van der Waals surface area (Å²) in [5.41, 5.74) is 2.45. The van der Waals surface area contributed by atoms with Gasteiger partial charge in [0.2, 0.25) is 0 Å². The SMILES string of the molecule is Cc1ccc(N=C2NC(=O)C(=Cc3ccc(-c4ccc(Cl)c(C(=O)O)c4)o3)S2)cc1. The first-order chi connectivity index (χ1) is 14.4. The molecule has 0 aliphatic carbocycles. The minimum Gasteiger partial charge on any atom is -0.478 e. The molecule has 3 aromatic rings. The molecule has 1 fully saturated rings. The number of rotatable bonds is 4.